The summed E-state index contributed by atoms with van der Waals surface area (Å²) in [5.41, 5.74) is 2.23. The largest absolute Gasteiger partial charge is 0.204 e. The van der Waals surface area contributed by atoms with Gasteiger partial charge in [-0.2, -0.15) is 0 Å². The van der Waals surface area contributed by atoms with E-state index in [9.17, 15) is 13.2 Å². The maximum atomic E-state index is 13.8. The van der Waals surface area contributed by atoms with Gasteiger partial charge in [-0.05, 0) is 47.4 Å². The van der Waals surface area contributed by atoms with Gasteiger partial charge in [-0.15, -0.1) is 0 Å². The van der Waals surface area contributed by atoms with Crippen LogP contribution in [0.2, 0.25) is 0 Å². The number of rotatable bonds is 2. The van der Waals surface area contributed by atoms with E-state index in [1.807, 2.05) is 6.07 Å². The highest BCUT2D eigenvalue weighted by molar-refractivity contribution is 5.85. The number of hydrogen-bond donors (Lipinski definition) is 0. The Bertz CT molecular complexity index is 646. The summed E-state index contributed by atoms with van der Waals surface area (Å²) < 4.78 is 40.3. The molecule has 3 rings (SSSR count). The molecular formula is C16H15F3. The van der Waals surface area contributed by atoms with Crippen molar-refractivity contribution in [2.45, 2.75) is 32.6 Å². The summed E-state index contributed by atoms with van der Waals surface area (Å²) in [6.45, 7) is 2.14. The predicted molar refractivity (Wildman–Crippen MR) is 69.6 cm³/mol. The van der Waals surface area contributed by atoms with Gasteiger partial charge in [0.1, 0.15) is 0 Å². The molecule has 100 valence electrons. The van der Waals surface area contributed by atoms with E-state index < -0.39 is 17.5 Å². The molecule has 1 unspecified atom stereocenters. The van der Waals surface area contributed by atoms with Gasteiger partial charge in [0.2, 0.25) is 0 Å². The molecule has 0 nitrogen and oxygen atoms in total. The molecule has 0 saturated carbocycles. The Morgan fingerprint density at radius 3 is 2.37 bits per heavy atom. The lowest BCUT2D eigenvalue weighted by molar-refractivity contribution is 0.453. The van der Waals surface area contributed by atoms with Gasteiger partial charge in [0.05, 0.1) is 0 Å². The lowest BCUT2D eigenvalue weighted by Crippen LogP contribution is -1.97. The van der Waals surface area contributed by atoms with Crippen LogP contribution in [0.3, 0.4) is 0 Å². The SMILES string of the molecule is CCCC1Cc2cc3cc(F)c(F)c(F)c3cc2C1. The zero-order valence-corrected chi connectivity index (χ0v) is 10.8. The molecule has 0 N–H and O–H groups in total. The van der Waals surface area contributed by atoms with Crippen LogP contribution in [0.1, 0.15) is 30.9 Å². The van der Waals surface area contributed by atoms with E-state index in [4.69, 9.17) is 0 Å². The van der Waals surface area contributed by atoms with Crippen molar-refractivity contribution in [3.8, 4) is 0 Å². The van der Waals surface area contributed by atoms with Crippen LogP contribution < -0.4 is 0 Å². The third-order valence-corrected chi connectivity index (χ3v) is 4.01. The summed E-state index contributed by atoms with van der Waals surface area (Å²) in [7, 11) is 0. The Labute approximate surface area is 110 Å². The van der Waals surface area contributed by atoms with E-state index in [0.29, 0.717) is 11.3 Å². The van der Waals surface area contributed by atoms with Crippen molar-refractivity contribution in [3.63, 3.8) is 0 Å². The summed E-state index contributed by atoms with van der Waals surface area (Å²) in [5, 5.41) is 0.641. The molecule has 1 atom stereocenters. The van der Waals surface area contributed by atoms with Gasteiger partial charge in [0.15, 0.2) is 17.5 Å². The summed E-state index contributed by atoms with van der Waals surface area (Å²) in [6.07, 6.45) is 4.13. The third-order valence-electron chi connectivity index (χ3n) is 4.01. The lowest BCUT2D eigenvalue weighted by Gasteiger charge is -2.05. The summed E-state index contributed by atoms with van der Waals surface area (Å²) in [4.78, 5) is 0. The third kappa shape index (κ3) is 2.01. The zero-order valence-electron chi connectivity index (χ0n) is 10.8. The Morgan fingerprint density at radius 1 is 1.00 bits per heavy atom. The van der Waals surface area contributed by atoms with E-state index in [0.717, 1.165) is 42.9 Å². The Morgan fingerprint density at radius 2 is 1.68 bits per heavy atom. The van der Waals surface area contributed by atoms with Crippen LogP contribution in [-0.2, 0) is 12.8 Å². The second kappa shape index (κ2) is 4.55. The maximum Gasteiger partial charge on any atom is 0.195 e. The highest BCUT2D eigenvalue weighted by atomic mass is 19.2. The molecule has 0 fully saturated rings. The minimum absolute atomic E-state index is 0.190. The first-order valence-electron chi connectivity index (χ1n) is 6.69. The van der Waals surface area contributed by atoms with Crippen LogP contribution in [0.25, 0.3) is 10.8 Å². The Kier molecular flexibility index (Phi) is 3.00. The molecule has 0 bridgehead atoms. The van der Waals surface area contributed by atoms with E-state index in [1.54, 1.807) is 6.07 Å². The first kappa shape index (κ1) is 12.5. The van der Waals surface area contributed by atoms with Crippen molar-refractivity contribution in [1.82, 2.24) is 0 Å². The normalized spacial score (nSPS) is 18.0. The molecule has 2 aromatic carbocycles. The van der Waals surface area contributed by atoms with Crippen molar-refractivity contribution in [2.24, 2.45) is 5.92 Å². The fourth-order valence-electron chi connectivity index (χ4n) is 3.13. The van der Waals surface area contributed by atoms with Crippen LogP contribution in [-0.4, -0.2) is 0 Å². The Balaban J connectivity index is 2.12. The van der Waals surface area contributed by atoms with Gasteiger partial charge in [0.25, 0.3) is 0 Å². The molecule has 0 amide bonds. The first-order valence-corrected chi connectivity index (χ1v) is 6.69. The molecule has 0 saturated heterocycles. The number of hydrogen-bond acceptors (Lipinski definition) is 0. The van der Waals surface area contributed by atoms with Crippen LogP contribution in [0.15, 0.2) is 18.2 Å². The molecule has 0 radical (unpaired) electrons. The molecule has 0 heterocycles. The lowest BCUT2D eigenvalue weighted by atomic mass is 10.0. The average Bonchev–Trinajstić information content (AvgIpc) is 2.76. The quantitative estimate of drug-likeness (QED) is 0.685. The fourth-order valence-corrected chi connectivity index (χ4v) is 3.13. The zero-order chi connectivity index (χ0) is 13.6. The van der Waals surface area contributed by atoms with Crippen LogP contribution in [0.4, 0.5) is 13.2 Å². The Hall–Kier alpha value is -1.51. The van der Waals surface area contributed by atoms with Crippen LogP contribution >= 0.6 is 0 Å². The monoisotopic (exact) mass is 264 g/mol. The first-order chi connectivity index (χ1) is 9.10. The predicted octanol–water partition coefficient (Wildman–Crippen LogP) is 4.77. The van der Waals surface area contributed by atoms with Gasteiger partial charge in [-0.25, -0.2) is 13.2 Å². The van der Waals surface area contributed by atoms with Gasteiger partial charge in [-0.1, -0.05) is 25.8 Å². The van der Waals surface area contributed by atoms with Gasteiger partial charge in [-0.3, -0.25) is 0 Å². The smallest absolute Gasteiger partial charge is 0.195 e. The molecule has 0 spiro atoms. The second-order valence-corrected chi connectivity index (χ2v) is 5.39. The highest BCUT2D eigenvalue weighted by Gasteiger charge is 2.23. The van der Waals surface area contributed by atoms with E-state index >= 15 is 0 Å². The summed E-state index contributed by atoms with van der Waals surface area (Å²) in [6, 6.07) is 4.59. The molecule has 19 heavy (non-hydrogen) atoms. The van der Waals surface area contributed by atoms with Crippen molar-refractivity contribution >= 4 is 10.8 Å². The summed E-state index contributed by atoms with van der Waals surface area (Å²) >= 11 is 0. The standard InChI is InChI=1S/C16H15F3/c1-2-3-9-4-10-6-12-8-14(17)16(19)15(18)13(12)7-11(10)5-9/h6-9H,2-5H2,1H3. The van der Waals surface area contributed by atoms with E-state index in [2.05, 4.69) is 6.92 Å². The number of benzene rings is 2. The van der Waals surface area contributed by atoms with Crippen molar-refractivity contribution in [2.75, 3.05) is 0 Å². The minimum atomic E-state index is -1.38. The molecule has 1 aliphatic rings. The van der Waals surface area contributed by atoms with Crippen LogP contribution in [0.5, 0.6) is 0 Å². The number of halogens is 3. The van der Waals surface area contributed by atoms with Gasteiger partial charge < -0.3 is 0 Å². The molecule has 1 aliphatic carbocycles. The molecule has 3 heteroatoms. The molecular weight excluding hydrogens is 249 g/mol. The topological polar surface area (TPSA) is 0 Å². The van der Waals surface area contributed by atoms with Gasteiger partial charge >= 0.3 is 0 Å². The average molecular weight is 264 g/mol. The van der Waals surface area contributed by atoms with Crippen LogP contribution in [0, 0.1) is 23.4 Å². The maximum absolute atomic E-state index is 13.8. The second-order valence-electron chi connectivity index (χ2n) is 5.39. The molecule has 0 aliphatic heterocycles. The van der Waals surface area contributed by atoms with Crippen molar-refractivity contribution < 1.29 is 13.2 Å². The minimum Gasteiger partial charge on any atom is -0.204 e. The van der Waals surface area contributed by atoms with Crippen molar-refractivity contribution in [1.29, 1.82) is 0 Å². The number of fused-ring (bicyclic) bond motifs is 2. The fraction of sp³-hybridized carbons (Fsp3) is 0.375. The summed E-state index contributed by atoms with van der Waals surface area (Å²) in [5.74, 6) is -2.99. The van der Waals surface area contributed by atoms with Gasteiger partial charge in [0, 0.05) is 5.39 Å². The molecule has 0 aromatic heterocycles. The highest BCUT2D eigenvalue weighted by Crippen LogP contribution is 2.34. The van der Waals surface area contributed by atoms with Crippen molar-refractivity contribution in [3.05, 3.63) is 46.8 Å². The molecule has 2 aromatic rings. The van der Waals surface area contributed by atoms with E-state index in [-0.39, 0.29) is 5.39 Å². The van der Waals surface area contributed by atoms with E-state index in [1.165, 1.54) is 0 Å².